The molecule has 0 aliphatic heterocycles. The van der Waals surface area contributed by atoms with Crippen molar-refractivity contribution < 1.29 is 36.2 Å². The molecule has 0 radical (unpaired) electrons. The van der Waals surface area contributed by atoms with Crippen molar-refractivity contribution in [3.05, 3.63) is 59.9 Å². The maximum absolute atomic E-state index is 13.2. The molecule has 0 saturated carbocycles. The molecule has 2 N–H and O–H groups in total. The van der Waals surface area contributed by atoms with Crippen LogP contribution in [0.4, 0.5) is 28.9 Å². The Kier molecular flexibility index (Phi) is 9.13. The molecule has 1 atom stereocenters. The number of hydrogen-bond donors (Lipinski definition) is 2. The lowest BCUT2D eigenvalue weighted by molar-refractivity contribution is -0.137. The lowest BCUT2D eigenvalue weighted by Crippen LogP contribution is -2.48. The minimum absolute atomic E-state index is 0.207. The van der Waals surface area contributed by atoms with Gasteiger partial charge in [-0.1, -0.05) is 6.07 Å². The van der Waals surface area contributed by atoms with Crippen molar-refractivity contribution >= 4 is 39.9 Å². The predicted octanol–water partition coefficient (Wildman–Crippen LogP) is 3.48. The van der Waals surface area contributed by atoms with Crippen LogP contribution in [0.15, 0.2) is 48.5 Å². The van der Waals surface area contributed by atoms with Crippen LogP contribution in [0.25, 0.3) is 0 Å². The minimum Gasteiger partial charge on any atom is -0.350 e. The van der Waals surface area contributed by atoms with Crippen molar-refractivity contribution in [3.8, 4) is 0 Å². The zero-order chi connectivity index (χ0) is 26.4. The van der Waals surface area contributed by atoms with Crippen LogP contribution in [0.2, 0.25) is 0 Å². The Labute approximate surface area is 202 Å². The SMILES string of the molecule is CC(C)(C)NC(=O)CN(C(=O)C[S@](=O)CC(=O)Nc1ccc(F)cc1)c1cccc(C(F)(F)F)c1. The van der Waals surface area contributed by atoms with Crippen LogP contribution in [-0.2, 0) is 31.4 Å². The quantitative estimate of drug-likeness (QED) is 0.527. The molecular formula is C23H25F4N3O4S. The molecule has 35 heavy (non-hydrogen) atoms. The minimum atomic E-state index is -4.68. The first-order valence-corrected chi connectivity index (χ1v) is 11.8. The topological polar surface area (TPSA) is 95.6 Å². The average Bonchev–Trinajstić information content (AvgIpc) is 2.71. The fraction of sp³-hybridized carbons (Fsp3) is 0.348. The molecule has 3 amide bonds. The summed E-state index contributed by atoms with van der Waals surface area (Å²) in [5.74, 6) is -4.06. The van der Waals surface area contributed by atoms with E-state index in [0.29, 0.717) is 6.07 Å². The van der Waals surface area contributed by atoms with E-state index in [1.165, 1.54) is 18.2 Å². The molecule has 0 fully saturated rings. The third-order valence-electron chi connectivity index (χ3n) is 4.31. The van der Waals surface area contributed by atoms with Crippen LogP contribution in [0.3, 0.4) is 0 Å². The number of nitrogens with one attached hydrogen (secondary N) is 2. The second-order valence-electron chi connectivity index (χ2n) is 8.61. The summed E-state index contributed by atoms with van der Waals surface area (Å²) in [4.78, 5) is 38.2. The summed E-state index contributed by atoms with van der Waals surface area (Å²) in [6.07, 6.45) is -4.68. The monoisotopic (exact) mass is 515 g/mol. The van der Waals surface area contributed by atoms with Gasteiger partial charge < -0.3 is 15.5 Å². The zero-order valence-corrected chi connectivity index (χ0v) is 20.1. The second kappa shape index (κ2) is 11.4. The highest BCUT2D eigenvalue weighted by atomic mass is 32.2. The normalized spacial score (nSPS) is 12.5. The Bertz CT molecular complexity index is 1100. The average molecular weight is 516 g/mol. The first-order chi connectivity index (χ1) is 16.1. The number of benzene rings is 2. The van der Waals surface area contributed by atoms with Crippen molar-refractivity contribution in [1.82, 2.24) is 5.32 Å². The summed E-state index contributed by atoms with van der Waals surface area (Å²) in [5, 5.41) is 5.02. The molecule has 0 saturated heterocycles. The maximum Gasteiger partial charge on any atom is 0.416 e. The van der Waals surface area contributed by atoms with Crippen molar-refractivity contribution in [3.63, 3.8) is 0 Å². The summed E-state index contributed by atoms with van der Waals surface area (Å²) in [6, 6.07) is 8.67. The summed E-state index contributed by atoms with van der Waals surface area (Å²) >= 11 is 0. The number of hydrogen-bond acceptors (Lipinski definition) is 4. The van der Waals surface area contributed by atoms with E-state index in [2.05, 4.69) is 10.6 Å². The molecular weight excluding hydrogens is 490 g/mol. The van der Waals surface area contributed by atoms with E-state index in [4.69, 9.17) is 0 Å². The molecule has 0 spiro atoms. The van der Waals surface area contributed by atoms with Crippen LogP contribution in [0.1, 0.15) is 26.3 Å². The number of halogens is 4. The third-order valence-corrected chi connectivity index (χ3v) is 5.46. The summed E-state index contributed by atoms with van der Waals surface area (Å²) < 4.78 is 64.9. The predicted molar refractivity (Wildman–Crippen MR) is 125 cm³/mol. The third kappa shape index (κ3) is 9.47. The molecule has 2 aromatic rings. The number of anilines is 2. The van der Waals surface area contributed by atoms with Crippen molar-refractivity contribution in [2.24, 2.45) is 0 Å². The Balaban J connectivity index is 2.16. The Morgan fingerprint density at radius 3 is 2.14 bits per heavy atom. The molecule has 0 aromatic heterocycles. The van der Waals surface area contributed by atoms with Gasteiger partial charge in [0.1, 0.15) is 23.9 Å². The van der Waals surface area contributed by atoms with E-state index < -0.39 is 69.7 Å². The molecule has 12 heteroatoms. The first kappa shape index (κ1) is 28.0. The molecule has 0 unspecified atom stereocenters. The smallest absolute Gasteiger partial charge is 0.350 e. The van der Waals surface area contributed by atoms with Crippen LogP contribution >= 0.6 is 0 Å². The fourth-order valence-corrected chi connectivity index (χ4v) is 3.82. The van der Waals surface area contributed by atoms with Crippen LogP contribution < -0.4 is 15.5 Å². The molecule has 0 bridgehead atoms. The van der Waals surface area contributed by atoms with Gasteiger partial charge in [-0.05, 0) is 63.2 Å². The Morgan fingerprint density at radius 2 is 1.57 bits per heavy atom. The zero-order valence-electron chi connectivity index (χ0n) is 19.2. The number of amides is 3. The molecule has 0 heterocycles. The van der Waals surface area contributed by atoms with Crippen molar-refractivity contribution in [2.45, 2.75) is 32.5 Å². The molecule has 190 valence electrons. The highest BCUT2D eigenvalue weighted by molar-refractivity contribution is 7.86. The number of rotatable bonds is 8. The van der Waals surface area contributed by atoms with Gasteiger partial charge in [0, 0.05) is 27.7 Å². The van der Waals surface area contributed by atoms with Crippen LogP contribution in [-0.4, -0.2) is 45.5 Å². The number of alkyl halides is 3. The number of carbonyl (C=O) groups excluding carboxylic acids is 3. The van der Waals surface area contributed by atoms with E-state index >= 15 is 0 Å². The number of carbonyl (C=O) groups is 3. The van der Waals surface area contributed by atoms with E-state index in [1.807, 2.05) is 0 Å². The second-order valence-corrected chi connectivity index (χ2v) is 10.1. The van der Waals surface area contributed by atoms with E-state index in [9.17, 15) is 36.2 Å². The van der Waals surface area contributed by atoms with Gasteiger partial charge in [-0.3, -0.25) is 18.6 Å². The largest absolute Gasteiger partial charge is 0.416 e. The Morgan fingerprint density at radius 1 is 0.943 bits per heavy atom. The van der Waals surface area contributed by atoms with Crippen LogP contribution in [0, 0.1) is 5.82 Å². The fourth-order valence-electron chi connectivity index (χ4n) is 2.92. The van der Waals surface area contributed by atoms with Gasteiger partial charge in [0.05, 0.1) is 5.56 Å². The van der Waals surface area contributed by atoms with E-state index in [-0.39, 0.29) is 11.4 Å². The Hall–Kier alpha value is -3.28. The molecule has 7 nitrogen and oxygen atoms in total. The maximum atomic E-state index is 13.2. The molecule has 0 aliphatic rings. The molecule has 0 aliphatic carbocycles. The van der Waals surface area contributed by atoms with Gasteiger partial charge >= 0.3 is 6.18 Å². The first-order valence-electron chi connectivity index (χ1n) is 10.3. The standard InChI is InChI=1S/C23H25F4N3O4S/c1-22(2,3)29-19(31)12-30(18-6-4-5-15(11-18)23(25,26)27)21(33)14-35(34)13-20(32)28-17-9-7-16(24)8-10-17/h4-11H,12-14H2,1-3H3,(H,28,32)(H,29,31)/t35-/m1/s1. The molecule has 2 aromatic carbocycles. The van der Waals surface area contributed by atoms with Gasteiger partial charge in [-0.15, -0.1) is 0 Å². The molecule has 2 rings (SSSR count). The highest BCUT2D eigenvalue weighted by Crippen LogP contribution is 2.31. The van der Waals surface area contributed by atoms with E-state index in [1.54, 1.807) is 20.8 Å². The van der Waals surface area contributed by atoms with E-state index in [0.717, 1.165) is 29.2 Å². The summed E-state index contributed by atoms with van der Waals surface area (Å²) in [7, 11) is -2.04. The summed E-state index contributed by atoms with van der Waals surface area (Å²) in [6.45, 7) is 4.46. The van der Waals surface area contributed by atoms with Gasteiger partial charge in [0.15, 0.2) is 0 Å². The van der Waals surface area contributed by atoms with Gasteiger partial charge in [0.25, 0.3) is 0 Å². The van der Waals surface area contributed by atoms with Crippen molar-refractivity contribution in [2.75, 3.05) is 28.3 Å². The lowest BCUT2D eigenvalue weighted by Gasteiger charge is -2.26. The van der Waals surface area contributed by atoms with Gasteiger partial charge in [-0.2, -0.15) is 13.2 Å². The highest BCUT2D eigenvalue weighted by Gasteiger charge is 2.32. The van der Waals surface area contributed by atoms with Crippen molar-refractivity contribution in [1.29, 1.82) is 0 Å². The van der Waals surface area contributed by atoms with Gasteiger partial charge in [0.2, 0.25) is 17.7 Å². The number of nitrogens with zero attached hydrogens (tertiary/aromatic N) is 1. The lowest BCUT2D eigenvalue weighted by atomic mass is 10.1. The summed E-state index contributed by atoms with van der Waals surface area (Å²) in [5.41, 5.74) is -1.64. The van der Waals surface area contributed by atoms with Gasteiger partial charge in [-0.25, -0.2) is 4.39 Å². The van der Waals surface area contributed by atoms with Crippen LogP contribution in [0.5, 0.6) is 0 Å².